The van der Waals surface area contributed by atoms with Crippen LogP contribution in [0.25, 0.3) is 0 Å². The van der Waals surface area contributed by atoms with Crippen molar-refractivity contribution in [2.75, 3.05) is 32.8 Å². The zero-order valence-corrected chi connectivity index (χ0v) is 27.8. The molecule has 4 aliphatic carbocycles. The minimum absolute atomic E-state index is 0.00807. The first-order valence-corrected chi connectivity index (χ1v) is 17.7. The Morgan fingerprint density at radius 3 is 2.41 bits per heavy atom. The number of ether oxygens (including phenoxy) is 2. The quantitative estimate of drug-likeness (QED) is 0.400. The minimum Gasteiger partial charge on any atom is -0.466 e. The molecule has 0 aromatic carbocycles. The number of aliphatic hydroxyl groups is 1. The summed E-state index contributed by atoms with van der Waals surface area (Å²) in [6.45, 7) is 8.66. The van der Waals surface area contributed by atoms with E-state index in [0.29, 0.717) is 57.5 Å². The van der Waals surface area contributed by atoms with Crippen molar-refractivity contribution in [2.45, 2.75) is 115 Å². The fourth-order valence-electron chi connectivity index (χ4n) is 10.5. The van der Waals surface area contributed by atoms with Crippen LogP contribution >= 0.6 is 0 Å². The van der Waals surface area contributed by atoms with Gasteiger partial charge in [0.2, 0.25) is 5.91 Å². The molecule has 6 rings (SSSR count). The van der Waals surface area contributed by atoms with Crippen LogP contribution < -0.4 is 5.63 Å². The van der Waals surface area contributed by atoms with Crippen LogP contribution in [0.4, 0.5) is 4.79 Å². The molecule has 0 radical (unpaired) electrons. The highest BCUT2D eigenvalue weighted by molar-refractivity contribution is 5.77. The third-order valence-corrected chi connectivity index (χ3v) is 13.2. The Hall–Kier alpha value is -2.88. The smallest absolute Gasteiger partial charge is 0.410 e. The van der Waals surface area contributed by atoms with Crippen LogP contribution in [0.15, 0.2) is 27.6 Å². The van der Waals surface area contributed by atoms with Crippen molar-refractivity contribution in [3.05, 3.63) is 34.4 Å². The summed E-state index contributed by atoms with van der Waals surface area (Å²) >= 11 is 0. The Morgan fingerprint density at radius 2 is 1.70 bits per heavy atom. The van der Waals surface area contributed by atoms with Gasteiger partial charge in [-0.1, -0.05) is 13.8 Å². The molecule has 5 fully saturated rings. The SMILES string of the molecule is CCOC(=O)CCCC(=O)N1CCN(C(=O)O[C@H]2CC[C@@]3(C)[C@H](CC[C@@H]4[C@@H]3CC[C@]3(C)[C@@H](c5ccc(=O)oc5)CC[C@]43O)C2)CC1. The average molecular weight is 641 g/mol. The molecular weight excluding hydrogens is 588 g/mol. The van der Waals surface area contributed by atoms with Crippen molar-refractivity contribution >= 4 is 18.0 Å². The van der Waals surface area contributed by atoms with Crippen molar-refractivity contribution in [2.24, 2.45) is 28.6 Å². The average Bonchev–Trinajstić information content (AvgIpc) is 3.32. The van der Waals surface area contributed by atoms with Crippen LogP contribution in [0, 0.1) is 28.6 Å². The highest BCUT2D eigenvalue weighted by Gasteiger charge is 2.67. The van der Waals surface area contributed by atoms with Gasteiger partial charge in [-0.15, -0.1) is 0 Å². The minimum atomic E-state index is -0.738. The second-order valence-corrected chi connectivity index (χ2v) is 15.2. The van der Waals surface area contributed by atoms with E-state index in [1.54, 1.807) is 23.0 Å². The largest absolute Gasteiger partial charge is 0.466 e. The second-order valence-electron chi connectivity index (χ2n) is 15.2. The van der Waals surface area contributed by atoms with Gasteiger partial charge >= 0.3 is 17.7 Å². The summed E-state index contributed by atoms with van der Waals surface area (Å²) in [4.78, 5) is 52.4. The topological polar surface area (TPSA) is 127 Å². The van der Waals surface area contributed by atoms with Gasteiger partial charge in [0, 0.05) is 50.5 Å². The van der Waals surface area contributed by atoms with E-state index in [4.69, 9.17) is 13.9 Å². The van der Waals surface area contributed by atoms with E-state index >= 15 is 0 Å². The molecule has 5 aliphatic rings. The second kappa shape index (κ2) is 13.0. The molecule has 1 N–H and O–H groups in total. The maximum absolute atomic E-state index is 13.2. The van der Waals surface area contributed by atoms with Crippen LogP contribution in [0.5, 0.6) is 0 Å². The van der Waals surface area contributed by atoms with Crippen molar-refractivity contribution in [1.29, 1.82) is 0 Å². The summed E-state index contributed by atoms with van der Waals surface area (Å²) in [5.74, 6) is 1.06. The normalized spacial score (nSPS) is 37.1. The number of rotatable bonds is 7. The van der Waals surface area contributed by atoms with Crippen LogP contribution in [0.1, 0.15) is 109 Å². The lowest BCUT2D eigenvalue weighted by atomic mass is 9.43. The predicted molar refractivity (Wildman–Crippen MR) is 170 cm³/mol. The van der Waals surface area contributed by atoms with Crippen molar-refractivity contribution in [1.82, 2.24) is 9.80 Å². The number of nitrogens with zero attached hydrogens (tertiary/aromatic N) is 2. The molecule has 254 valence electrons. The Balaban J connectivity index is 1.01. The number of hydrogen-bond donors (Lipinski definition) is 1. The molecule has 0 bridgehead atoms. The molecule has 0 unspecified atom stereocenters. The number of fused-ring (bicyclic) bond motifs is 5. The first kappa shape index (κ1) is 33.0. The fourth-order valence-corrected chi connectivity index (χ4v) is 10.5. The Kier molecular flexibility index (Phi) is 9.31. The Bertz CT molecular complexity index is 1330. The number of esters is 1. The first-order valence-electron chi connectivity index (χ1n) is 17.7. The van der Waals surface area contributed by atoms with E-state index < -0.39 is 5.60 Å². The van der Waals surface area contributed by atoms with E-state index in [9.17, 15) is 24.3 Å². The number of amides is 2. The molecule has 1 saturated heterocycles. The molecule has 0 spiro atoms. The molecule has 46 heavy (non-hydrogen) atoms. The monoisotopic (exact) mass is 640 g/mol. The van der Waals surface area contributed by atoms with Crippen molar-refractivity contribution < 1.29 is 33.4 Å². The highest BCUT2D eigenvalue weighted by Crippen LogP contribution is 2.70. The lowest BCUT2D eigenvalue weighted by molar-refractivity contribution is -0.205. The first-order chi connectivity index (χ1) is 22.0. The van der Waals surface area contributed by atoms with Crippen LogP contribution in [-0.4, -0.2) is 77.4 Å². The summed E-state index contributed by atoms with van der Waals surface area (Å²) in [5, 5.41) is 12.5. The molecule has 2 heterocycles. The fraction of sp³-hybridized carbons (Fsp3) is 0.778. The summed E-state index contributed by atoms with van der Waals surface area (Å²) < 4.78 is 16.3. The van der Waals surface area contributed by atoms with Gasteiger partial charge in [-0.3, -0.25) is 9.59 Å². The zero-order chi connectivity index (χ0) is 32.7. The molecule has 2 amide bonds. The van der Waals surface area contributed by atoms with Gasteiger partial charge in [0.25, 0.3) is 0 Å². The zero-order valence-electron chi connectivity index (χ0n) is 27.8. The van der Waals surface area contributed by atoms with Crippen LogP contribution in [-0.2, 0) is 19.1 Å². The maximum atomic E-state index is 13.2. The summed E-state index contributed by atoms with van der Waals surface area (Å²) in [6, 6.07) is 3.38. The molecule has 1 aromatic heterocycles. The van der Waals surface area contributed by atoms with Gasteiger partial charge in [0.1, 0.15) is 6.10 Å². The van der Waals surface area contributed by atoms with Crippen molar-refractivity contribution in [3.63, 3.8) is 0 Å². The summed E-state index contributed by atoms with van der Waals surface area (Å²) in [7, 11) is 0. The third kappa shape index (κ3) is 5.88. The van der Waals surface area contributed by atoms with Crippen molar-refractivity contribution in [3.8, 4) is 0 Å². The van der Waals surface area contributed by atoms with Gasteiger partial charge in [-0.25, -0.2) is 9.59 Å². The number of hydrogen-bond acceptors (Lipinski definition) is 8. The van der Waals surface area contributed by atoms with Crippen LogP contribution in [0.3, 0.4) is 0 Å². The lowest BCUT2D eigenvalue weighted by Crippen LogP contribution is -2.62. The maximum Gasteiger partial charge on any atom is 0.410 e. The summed E-state index contributed by atoms with van der Waals surface area (Å²) in [6.07, 6.45) is 10.7. The molecule has 1 aromatic rings. The molecule has 1 aliphatic heterocycles. The van der Waals surface area contributed by atoms with Gasteiger partial charge < -0.3 is 28.8 Å². The molecule has 10 nitrogen and oxygen atoms in total. The lowest BCUT2D eigenvalue weighted by Gasteiger charge is -2.63. The van der Waals surface area contributed by atoms with E-state index in [0.717, 1.165) is 63.4 Å². The molecule has 10 heteroatoms. The van der Waals surface area contributed by atoms with E-state index in [2.05, 4.69) is 13.8 Å². The third-order valence-electron chi connectivity index (χ3n) is 13.2. The molecule has 8 atom stereocenters. The summed E-state index contributed by atoms with van der Waals surface area (Å²) in [5.41, 5.74) is -0.189. The standard InChI is InChI=1S/C36H52N2O8/c1-4-44-31(40)7-5-6-30(39)37-18-20-38(21-19-37)33(42)46-26-12-15-34(2)25(22-26)9-10-29-28(34)13-16-35(3)27(14-17-36(29,35)43)24-8-11-32(41)45-23-24/h8,11,23,25-29,43H,4-7,9-10,12-22H2,1-3H3/t25-,26+,27-,28+,29-,34+,35-,36+/m1/s1. The Labute approximate surface area is 272 Å². The van der Waals surface area contributed by atoms with E-state index in [1.165, 1.54) is 6.07 Å². The molecular formula is C36H52N2O8. The van der Waals surface area contributed by atoms with Gasteiger partial charge in [0.05, 0.1) is 18.5 Å². The van der Waals surface area contributed by atoms with E-state index in [-0.39, 0.29) is 58.8 Å². The van der Waals surface area contributed by atoms with E-state index in [1.807, 2.05) is 6.07 Å². The number of carbonyl (C=O) groups excluding carboxylic acids is 3. The predicted octanol–water partition coefficient (Wildman–Crippen LogP) is 5.26. The Morgan fingerprint density at radius 1 is 0.935 bits per heavy atom. The number of carbonyl (C=O) groups is 3. The van der Waals surface area contributed by atoms with Crippen LogP contribution in [0.2, 0.25) is 0 Å². The van der Waals surface area contributed by atoms with Gasteiger partial charge in [0.15, 0.2) is 0 Å². The highest BCUT2D eigenvalue weighted by atomic mass is 16.6. The van der Waals surface area contributed by atoms with Gasteiger partial charge in [-0.05, 0) is 112 Å². The number of piperazine rings is 1. The molecule has 4 saturated carbocycles. The van der Waals surface area contributed by atoms with Gasteiger partial charge in [-0.2, -0.15) is 0 Å².